The first-order valence-electron chi connectivity index (χ1n) is 5.79. The number of piperazine rings is 1. The van der Waals surface area contributed by atoms with Crippen molar-refractivity contribution in [2.24, 2.45) is 0 Å². The van der Waals surface area contributed by atoms with Gasteiger partial charge in [-0.2, -0.15) is 0 Å². The highest BCUT2D eigenvalue weighted by Crippen LogP contribution is 2.33. The van der Waals surface area contributed by atoms with Gasteiger partial charge < -0.3 is 4.90 Å². The van der Waals surface area contributed by atoms with Gasteiger partial charge in [-0.15, -0.1) is 0 Å². The maximum atomic E-state index is 6.20. The van der Waals surface area contributed by atoms with Crippen LogP contribution in [0, 0.1) is 0 Å². The van der Waals surface area contributed by atoms with Gasteiger partial charge in [0.1, 0.15) is 11.0 Å². The van der Waals surface area contributed by atoms with Crippen molar-refractivity contribution in [3.63, 3.8) is 0 Å². The Kier molecular flexibility index (Phi) is 3.98. The zero-order valence-electron chi connectivity index (χ0n) is 10.7. The van der Waals surface area contributed by atoms with Crippen molar-refractivity contribution in [3.05, 3.63) is 21.3 Å². The van der Waals surface area contributed by atoms with Crippen LogP contribution in [0.15, 0.2) is 6.07 Å². The lowest BCUT2D eigenvalue weighted by Gasteiger charge is -2.45. The standard InChI is InChI=1S/C12H16Cl3N3/c1-12(2)7-18(5-4-17(12)3)11-9(14)6-8(13)10(15)16-11/h6H,4-5,7H2,1-3H3. The summed E-state index contributed by atoms with van der Waals surface area (Å²) in [6.07, 6.45) is 0. The summed E-state index contributed by atoms with van der Waals surface area (Å²) >= 11 is 18.1. The number of hydrogen-bond donors (Lipinski definition) is 0. The van der Waals surface area contributed by atoms with E-state index in [9.17, 15) is 0 Å². The van der Waals surface area contributed by atoms with E-state index < -0.39 is 0 Å². The summed E-state index contributed by atoms with van der Waals surface area (Å²) in [5, 5.41) is 1.23. The van der Waals surface area contributed by atoms with E-state index in [-0.39, 0.29) is 5.54 Å². The molecule has 0 spiro atoms. The molecule has 1 aliphatic heterocycles. The van der Waals surface area contributed by atoms with Gasteiger partial charge in [0.25, 0.3) is 0 Å². The average molecular weight is 309 g/mol. The maximum Gasteiger partial charge on any atom is 0.150 e. The number of aromatic nitrogens is 1. The van der Waals surface area contributed by atoms with Crippen LogP contribution < -0.4 is 4.90 Å². The molecule has 0 aliphatic carbocycles. The molecule has 0 saturated carbocycles. The fraction of sp³-hybridized carbons (Fsp3) is 0.583. The summed E-state index contributed by atoms with van der Waals surface area (Å²) < 4.78 is 0. The van der Waals surface area contributed by atoms with E-state index in [4.69, 9.17) is 34.8 Å². The Morgan fingerprint density at radius 3 is 2.44 bits per heavy atom. The SMILES string of the molecule is CN1CCN(c2nc(Cl)c(Cl)cc2Cl)CC1(C)C. The van der Waals surface area contributed by atoms with Gasteiger partial charge in [0.05, 0.1) is 10.0 Å². The average Bonchev–Trinajstić information content (AvgIpc) is 2.27. The Morgan fingerprint density at radius 2 is 1.83 bits per heavy atom. The zero-order valence-corrected chi connectivity index (χ0v) is 12.9. The second-order valence-corrected chi connectivity index (χ2v) is 6.39. The molecule has 0 aromatic carbocycles. The van der Waals surface area contributed by atoms with Crippen molar-refractivity contribution in [3.8, 4) is 0 Å². The normalized spacial score (nSPS) is 20.2. The molecule has 1 aromatic rings. The van der Waals surface area contributed by atoms with Crippen molar-refractivity contribution in [2.45, 2.75) is 19.4 Å². The molecule has 0 N–H and O–H groups in total. The number of halogens is 3. The molecule has 1 fully saturated rings. The number of pyridine rings is 1. The molecule has 18 heavy (non-hydrogen) atoms. The Balaban J connectivity index is 2.30. The lowest BCUT2D eigenvalue weighted by atomic mass is 10.00. The number of hydrogen-bond acceptors (Lipinski definition) is 3. The first-order valence-corrected chi connectivity index (χ1v) is 6.92. The van der Waals surface area contributed by atoms with Gasteiger partial charge in [0.15, 0.2) is 0 Å². The molecular formula is C12H16Cl3N3. The fourth-order valence-corrected chi connectivity index (χ4v) is 2.69. The summed E-state index contributed by atoms with van der Waals surface area (Å²) in [6, 6.07) is 1.65. The Morgan fingerprint density at radius 1 is 1.17 bits per heavy atom. The van der Waals surface area contributed by atoms with E-state index in [0.717, 1.165) is 19.6 Å². The van der Waals surface area contributed by atoms with Crippen molar-refractivity contribution in [1.29, 1.82) is 0 Å². The highest BCUT2D eigenvalue weighted by molar-refractivity contribution is 6.42. The van der Waals surface area contributed by atoms with Gasteiger partial charge in [-0.25, -0.2) is 4.98 Å². The Labute approximate surface area is 123 Å². The highest BCUT2D eigenvalue weighted by Gasteiger charge is 2.32. The molecule has 0 radical (unpaired) electrons. The van der Waals surface area contributed by atoms with Crippen molar-refractivity contribution in [1.82, 2.24) is 9.88 Å². The summed E-state index contributed by atoms with van der Waals surface area (Å²) in [5.41, 5.74) is 0.0787. The van der Waals surface area contributed by atoms with E-state index in [2.05, 4.69) is 35.7 Å². The van der Waals surface area contributed by atoms with E-state index in [1.165, 1.54) is 0 Å². The number of likely N-dealkylation sites (N-methyl/N-ethyl adjacent to an activating group) is 1. The van der Waals surface area contributed by atoms with Crippen molar-refractivity contribution >= 4 is 40.6 Å². The number of nitrogens with zero attached hydrogens (tertiary/aromatic N) is 3. The van der Waals surface area contributed by atoms with Crippen LogP contribution >= 0.6 is 34.8 Å². The first-order chi connectivity index (χ1) is 8.31. The van der Waals surface area contributed by atoms with E-state index in [1.54, 1.807) is 6.07 Å². The molecule has 1 saturated heterocycles. The van der Waals surface area contributed by atoms with E-state index >= 15 is 0 Å². The Bertz CT molecular complexity index is 462. The minimum absolute atomic E-state index is 0.0787. The van der Waals surface area contributed by atoms with E-state index in [1.807, 2.05) is 0 Å². The smallest absolute Gasteiger partial charge is 0.150 e. The molecule has 0 atom stereocenters. The summed E-state index contributed by atoms with van der Waals surface area (Å²) in [6.45, 7) is 7.10. The molecule has 0 amide bonds. The molecule has 6 heteroatoms. The number of anilines is 1. The van der Waals surface area contributed by atoms with Crippen LogP contribution in [0.2, 0.25) is 15.2 Å². The molecule has 0 unspecified atom stereocenters. The van der Waals surface area contributed by atoms with Gasteiger partial charge in [-0.1, -0.05) is 34.8 Å². The quantitative estimate of drug-likeness (QED) is 0.739. The van der Waals surface area contributed by atoms with Crippen LogP contribution in [-0.2, 0) is 0 Å². The minimum atomic E-state index is 0.0787. The molecule has 0 bridgehead atoms. The monoisotopic (exact) mass is 307 g/mol. The molecule has 1 aromatic heterocycles. The lowest BCUT2D eigenvalue weighted by Crippen LogP contribution is -2.58. The fourth-order valence-electron chi connectivity index (χ4n) is 2.08. The van der Waals surface area contributed by atoms with Crippen LogP contribution in [0.25, 0.3) is 0 Å². The maximum absolute atomic E-state index is 6.20. The molecule has 2 rings (SSSR count). The summed E-state index contributed by atoms with van der Waals surface area (Å²) in [4.78, 5) is 8.78. The Hall–Kier alpha value is -0.220. The van der Waals surface area contributed by atoms with Crippen LogP contribution in [-0.4, -0.2) is 42.1 Å². The third kappa shape index (κ3) is 2.69. The third-order valence-corrected chi connectivity index (χ3v) is 4.44. The van der Waals surface area contributed by atoms with Gasteiger partial charge in [-0.3, -0.25) is 4.90 Å². The molecule has 100 valence electrons. The van der Waals surface area contributed by atoms with Gasteiger partial charge in [-0.05, 0) is 27.0 Å². The van der Waals surface area contributed by atoms with Crippen LogP contribution in [0.5, 0.6) is 0 Å². The summed E-state index contributed by atoms with van der Waals surface area (Å²) in [5.74, 6) is 0.715. The molecule has 1 aliphatic rings. The zero-order chi connectivity index (χ0) is 13.5. The topological polar surface area (TPSA) is 19.4 Å². The predicted octanol–water partition coefficient (Wildman–Crippen LogP) is 3.57. The van der Waals surface area contributed by atoms with Gasteiger partial charge in [0, 0.05) is 25.2 Å². The third-order valence-electron chi connectivity index (χ3n) is 3.48. The number of rotatable bonds is 1. The minimum Gasteiger partial charge on any atom is -0.352 e. The van der Waals surface area contributed by atoms with E-state index in [0.29, 0.717) is 21.0 Å². The van der Waals surface area contributed by atoms with Crippen molar-refractivity contribution < 1.29 is 0 Å². The first kappa shape index (κ1) is 14.2. The second-order valence-electron chi connectivity index (χ2n) is 5.22. The van der Waals surface area contributed by atoms with Crippen LogP contribution in [0.1, 0.15) is 13.8 Å². The van der Waals surface area contributed by atoms with Crippen LogP contribution in [0.3, 0.4) is 0 Å². The second kappa shape index (κ2) is 5.04. The van der Waals surface area contributed by atoms with Gasteiger partial charge in [0.2, 0.25) is 0 Å². The van der Waals surface area contributed by atoms with Crippen LogP contribution in [0.4, 0.5) is 5.82 Å². The lowest BCUT2D eigenvalue weighted by molar-refractivity contribution is 0.138. The molecule has 3 nitrogen and oxygen atoms in total. The van der Waals surface area contributed by atoms with Gasteiger partial charge >= 0.3 is 0 Å². The molecule has 2 heterocycles. The largest absolute Gasteiger partial charge is 0.352 e. The summed E-state index contributed by atoms with van der Waals surface area (Å²) in [7, 11) is 2.13. The van der Waals surface area contributed by atoms with Crippen molar-refractivity contribution in [2.75, 3.05) is 31.6 Å². The molecular weight excluding hydrogens is 293 g/mol. The highest BCUT2D eigenvalue weighted by atomic mass is 35.5. The predicted molar refractivity (Wildman–Crippen MR) is 78.2 cm³/mol.